The molecule has 114 valence electrons. The van der Waals surface area contributed by atoms with Crippen molar-refractivity contribution in [3.05, 3.63) is 24.3 Å². The number of nitrogens with one attached hydrogen (secondary N) is 1. The summed E-state index contributed by atoms with van der Waals surface area (Å²) in [6.45, 7) is 3.87. The maximum absolute atomic E-state index is 12.0. The molecule has 1 fully saturated rings. The van der Waals surface area contributed by atoms with E-state index in [-0.39, 0.29) is 12.0 Å². The van der Waals surface area contributed by atoms with Crippen molar-refractivity contribution in [2.24, 2.45) is 0 Å². The van der Waals surface area contributed by atoms with Gasteiger partial charge in [-0.05, 0) is 51.0 Å². The number of carboxylic acids is 1. The molecule has 6 nitrogen and oxygen atoms in total. The van der Waals surface area contributed by atoms with Gasteiger partial charge in [-0.15, -0.1) is 0 Å². The van der Waals surface area contributed by atoms with Gasteiger partial charge in [-0.1, -0.05) is 0 Å². The lowest BCUT2D eigenvalue weighted by molar-refractivity contribution is -0.150. The zero-order valence-corrected chi connectivity index (χ0v) is 12.0. The van der Waals surface area contributed by atoms with E-state index in [0.717, 1.165) is 5.75 Å². The molecule has 1 saturated heterocycles. The zero-order valence-electron chi connectivity index (χ0n) is 12.0. The summed E-state index contributed by atoms with van der Waals surface area (Å²) < 4.78 is 10.7. The van der Waals surface area contributed by atoms with E-state index in [0.29, 0.717) is 18.5 Å². The number of amides is 1. The first-order chi connectivity index (χ1) is 9.95. The smallest absolute Gasteiger partial charge is 0.332 e. The molecule has 1 aromatic rings. The van der Waals surface area contributed by atoms with Crippen LogP contribution in [0.3, 0.4) is 0 Å². The highest BCUT2D eigenvalue weighted by molar-refractivity contribution is 5.94. The molecule has 2 atom stereocenters. The molecule has 21 heavy (non-hydrogen) atoms. The summed E-state index contributed by atoms with van der Waals surface area (Å²) in [5.41, 5.74) is 0.624. The Morgan fingerprint density at radius 1 is 1.24 bits per heavy atom. The molecule has 0 spiro atoms. The highest BCUT2D eigenvalue weighted by Crippen LogP contribution is 2.22. The van der Waals surface area contributed by atoms with Crippen molar-refractivity contribution < 1.29 is 24.2 Å². The van der Waals surface area contributed by atoms with Gasteiger partial charge in [0.1, 0.15) is 11.9 Å². The fourth-order valence-corrected chi connectivity index (χ4v) is 2.12. The molecule has 1 aliphatic heterocycles. The monoisotopic (exact) mass is 293 g/mol. The molecule has 1 aliphatic rings. The van der Waals surface area contributed by atoms with E-state index in [1.165, 1.54) is 0 Å². The SMILES string of the molecule is CC(C)Oc1ccc(NC(=O)[C@@H]2CC[C@H](C(=O)O)O2)cc1. The van der Waals surface area contributed by atoms with Gasteiger partial charge in [-0.25, -0.2) is 4.79 Å². The second-order valence-electron chi connectivity index (χ2n) is 5.21. The molecule has 1 amide bonds. The number of benzene rings is 1. The van der Waals surface area contributed by atoms with Crippen molar-refractivity contribution in [2.75, 3.05) is 5.32 Å². The Balaban J connectivity index is 1.89. The molecule has 0 radical (unpaired) electrons. The summed E-state index contributed by atoms with van der Waals surface area (Å²) in [7, 11) is 0. The molecule has 0 saturated carbocycles. The highest BCUT2D eigenvalue weighted by Gasteiger charge is 2.34. The number of ether oxygens (including phenoxy) is 2. The zero-order chi connectivity index (χ0) is 15.4. The number of anilines is 1. The maximum Gasteiger partial charge on any atom is 0.332 e. The van der Waals surface area contributed by atoms with Crippen LogP contribution in [0.1, 0.15) is 26.7 Å². The Labute approximate surface area is 123 Å². The maximum atomic E-state index is 12.0. The van der Waals surface area contributed by atoms with Crippen LogP contribution in [0.2, 0.25) is 0 Å². The van der Waals surface area contributed by atoms with Crippen LogP contribution >= 0.6 is 0 Å². The molecular formula is C15H19NO5. The number of hydrogen-bond donors (Lipinski definition) is 2. The molecule has 0 unspecified atom stereocenters. The largest absolute Gasteiger partial charge is 0.491 e. The third kappa shape index (κ3) is 4.19. The van der Waals surface area contributed by atoms with Gasteiger partial charge >= 0.3 is 5.97 Å². The predicted molar refractivity (Wildman–Crippen MR) is 76.4 cm³/mol. The van der Waals surface area contributed by atoms with Crippen LogP contribution in [-0.4, -0.2) is 35.3 Å². The predicted octanol–water partition coefficient (Wildman–Crippen LogP) is 2.04. The summed E-state index contributed by atoms with van der Waals surface area (Å²) in [6, 6.07) is 7.01. The summed E-state index contributed by atoms with van der Waals surface area (Å²) in [6.07, 6.45) is -0.739. The van der Waals surface area contributed by atoms with Crippen LogP contribution in [0.15, 0.2) is 24.3 Å². The fraction of sp³-hybridized carbons (Fsp3) is 0.467. The summed E-state index contributed by atoms with van der Waals surface area (Å²) in [4.78, 5) is 22.8. The minimum absolute atomic E-state index is 0.0882. The van der Waals surface area contributed by atoms with E-state index >= 15 is 0 Å². The Morgan fingerprint density at radius 2 is 1.86 bits per heavy atom. The molecule has 0 aliphatic carbocycles. The van der Waals surface area contributed by atoms with Gasteiger partial charge in [0.05, 0.1) is 6.10 Å². The van der Waals surface area contributed by atoms with E-state index in [4.69, 9.17) is 14.6 Å². The molecule has 2 rings (SSSR count). The van der Waals surface area contributed by atoms with E-state index in [2.05, 4.69) is 5.32 Å². The van der Waals surface area contributed by atoms with Crippen LogP contribution in [0.4, 0.5) is 5.69 Å². The Kier molecular flexibility index (Phi) is 4.80. The van der Waals surface area contributed by atoms with E-state index in [1.807, 2.05) is 13.8 Å². The minimum Gasteiger partial charge on any atom is -0.491 e. The van der Waals surface area contributed by atoms with Crippen molar-refractivity contribution >= 4 is 17.6 Å². The number of rotatable bonds is 5. The molecule has 0 aromatic heterocycles. The topological polar surface area (TPSA) is 84.9 Å². The quantitative estimate of drug-likeness (QED) is 0.868. The first-order valence-corrected chi connectivity index (χ1v) is 6.91. The number of carbonyl (C=O) groups is 2. The standard InChI is InChI=1S/C15H19NO5/c1-9(2)20-11-5-3-10(4-6-11)16-14(17)12-7-8-13(21-12)15(18)19/h3-6,9,12-13H,7-8H2,1-2H3,(H,16,17)(H,18,19)/t12-,13+/m0/s1. The lowest BCUT2D eigenvalue weighted by atomic mass is 10.2. The lowest BCUT2D eigenvalue weighted by Gasteiger charge is -2.13. The third-order valence-corrected chi connectivity index (χ3v) is 3.08. The Hall–Kier alpha value is -2.08. The molecule has 0 bridgehead atoms. The number of aliphatic carboxylic acids is 1. The molecule has 1 aromatic carbocycles. The minimum atomic E-state index is -1.03. The second kappa shape index (κ2) is 6.58. The van der Waals surface area contributed by atoms with Crippen molar-refractivity contribution in [1.82, 2.24) is 0 Å². The molecule has 6 heteroatoms. The fourth-order valence-electron chi connectivity index (χ4n) is 2.12. The van der Waals surface area contributed by atoms with Crippen molar-refractivity contribution in [1.29, 1.82) is 0 Å². The summed E-state index contributed by atoms with van der Waals surface area (Å²) in [5, 5.41) is 11.5. The Morgan fingerprint density at radius 3 is 2.38 bits per heavy atom. The lowest BCUT2D eigenvalue weighted by Crippen LogP contribution is -2.29. The summed E-state index contributed by atoms with van der Waals surface area (Å²) in [5.74, 6) is -0.622. The van der Waals surface area contributed by atoms with Crippen LogP contribution in [0.25, 0.3) is 0 Å². The molecular weight excluding hydrogens is 274 g/mol. The van der Waals surface area contributed by atoms with Gasteiger partial charge in [-0.2, -0.15) is 0 Å². The highest BCUT2D eigenvalue weighted by atomic mass is 16.5. The van der Waals surface area contributed by atoms with Crippen molar-refractivity contribution in [3.63, 3.8) is 0 Å². The van der Waals surface area contributed by atoms with Gasteiger partial charge in [0.25, 0.3) is 5.91 Å². The van der Waals surface area contributed by atoms with Crippen LogP contribution in [-0.2, 0) is 14.3 Å². The number of carbonyl (C=O) groups excluding carboxylic acids is 1. The average Bonchev–Trinajstić information content (AvgIpc) is 2.90. The van der Waals surface area contributed by atoms with Gasteiger partial charge in [0.15, 0.2) is 6.10 Å². The van der Waals surface area contributed by atoms with E-state index in [1.54, 1.807) is 24.3 Å². The van der Waals surface area contributed by atoms with Crippen molar-refractivity contribution in [2.45, 2.75) is 45.0 Å². The first-order valence-electron chi connectivity index (χ1n) is 6.91. The second-order valence-corrected chi connectivity index (χ2v) is 5.21. The number of hydrogen-bond acceptors (Lipinski definition) is 4. The first kappa shape index (κ1) is 15.3. The van der Waals surface area contributed by atoms with E-state index in [9.17, 15) is 9.59 Å². The van der Waals surface area contributed by atoms with Gasteiger partial charge in [0.2, 0.25) is 0 Å². The van der Waals surface area contributed by atoms with Crippen LogP contribution in [0.5, 0.6) is 5.75 Å². The van der Waals surface area contributed by atoms with Crippen LogP contribution < -0.4 is 10.1 Å². The third-order valence-electron chi connectivity index (χ3n) is 3.08. The van der Waals surface area contributed by atoms with Crippen molar-refractivity contribution in [3.8, 4) is 5.75 Å². The molecule has 1 heterocycles. The summed E-state index contributed by atoms with van der Waals surface area (Å²) >= 11 is 0. The normalized spacial score (nSPS) is 21.3. The van der Waals surface area contributed by atoms with Crippen LogP contribution in [0, 0.1) is 0 Å². The van der Waals surface area contributed by atoms with Gasteiger partial charge < -0.3 is 19.9 Å². The molecule has 2 N–H and O–H groups in total. The van der Waals surface area contributed by atoms with Gasteiger partial charge in [0, 0.05) is 5.69 Å². The van der Waals surface area contributed by atoms with Gasteiger partial charge in [-0.3, -0.25) is 4.79 Å². The average molecular weight is 293 g/mol. The Bertz CT molecular complexity index is 511. The van der Waals surface area contributed by atoms with E-state index < -0.39 is 18.2 Å². The number of carboxylic acid groups (broad SMARTS) is 1.